The van der Waals surface area contributed by atoms with Crippen LogP contribution in [0.15, 0.2) is 46.6 Å². The van der Waals surface area contributed by atoms with Crippen molar-refractivity contribution in [1.82, 2.24) is 4.67 Å². The Bertz CT molecular complexity index is 1430. The topological polar surface area (TPSA) is 126 Å². The number of nitro benzene ring substituents is 1. The second-order valence-corrected chi connectivity index (χ2v) is 13.6. The van der Waals surface area contributed by atoms with Gasteiger partial charge in [0.15, 0.2) is 0 Å². The van der Waals surface area contributed by atoms with Crippen LogP contribution >= 0.6 is 8.53 Å². The van der Waals surface area contributed by atoms with E-state index in [9.17, 15) is 15.4 Å². The van der Waals surface area contributed by atoms with E-state index >= 15 is 0 Å². The van der Waals surface area contributed by atoms with Crippen molar-refractivity contribution >= 4 is 36.8 Å². The molecule has 0 aliphatic carbocycles. The van der Waals surface area contributed by atoms with Crippen molar-refractivity contribution in [3.05, 3.63) is 57.6 Å². The van der Waals surface area contributed by atoms with Crippen molar-refractivity contribution in [3.8, 4) is 11.8 Å². The minimum absolute atomic E-state index is 0.0727. The van der Waals surface area contributed by atoms with Crippen molar-refractivity contribution in [1.29, 1.82) is 5.26 Å². The third-order valence-electron chi connectivity index (χ3n) is 7.49. The lowest BCUT2D eigenvalue weighted by molar-refractivity contribution is -0.384. The van der Waals surface area contributed by atoms with Gasteiger partial charge in [-0.2, -0.15) is 5.26 Å². The molecule has 0 amide bonds. The van der Waals surface area contributed by atoms with E-state index in [0.29, 0.717) is 36.7 Å². The van der Waals surface area contributed by atoms with Crippen molar-refractivity contribution in [3.63, 3.8) is 0 Å². The molecule has 12 heteroatoms. The second kappa shape index (κ2) is 16.2. The van der Waals surface area contributed by atoms with Crippen LogP contribution in [0, 0.1) is 21.4 Å². The van der Waals surface area contributed by atoms with E-state index in [-0.39, 0.29) is 22.5 Å². The molecule has 0 spiro atoms. The summed E-state index contributed by atoms with van der Waals surface area (Å²) in [6.45, 7) is 19.4. The largest absolute Gasteiger partial charge is 0.494 e. The highest BCUT2D eigenvalue weighted by molar-refractivity contribution is 7.44. The molecule has 0 fully saturated rings. The number of nitro groups is 1. The van der Waals surface area contributed by atoms with E-state index in [0.717, 1.165) is 42.6 Å². The number of hydrogen-bond acceptors (Lipinski definition) is 10. The lowest BCUT2D eigenvalue weighted by Gasteiger charge is -2.43. The lowest BCUT2D eigenvalue weighted by Crippen LogP contribution is -2.45. The molecular formula is C33H47N6O5P. The molecule has 1 atom stereocenters. The van der Waals surface area contributed by atoms with Crippen LogP contribution in [-0.4, -0.2) is 54.1 Å². The summed E-state index contributed by atoms with van der Waals surface area (Å²) in [5.41, 5.74) is 3.59. The van der Waals surface area contributed by atoms with Gasteiger partial charge in [0, 0.05) is 48.1 Å². The number of allylic oxidation sites excluding steroid dienone is 1. The van der Waals surface area contributed by atoms with Gasteiger partial charge in [-0.25, -0.2) is 4.67 Å². The second-order valence-electron chi connectivity index (χ2n) is 12.1. The Morgan fingerprint density at radius 1 is 1.07 bits per heavy atom. The van der Waals surface area contributed by atoms with Gasteiger partial charge in [0.1, 0.15) is 23.2 Å². The molecule has 45 heavy (non-hydrogen) atoms. The zero-order chi connectivity index (χ0) is 33.3. The molecule has 1 heterocycles. The summed E-state index contributed by atoms with van der Waals surface area (Å²) in [6.07, 6.45) is 5.03. The number of rotatable bonds is 16. The van der Waals surface area contributed by atoms with Gasteiger partial charge >= 0.3 is 0 Å². The molecule has 0 aromatic heterocycles. The minimum atomic E-state index is -1.12. The van der Waals surface area contributed by atoms with Crippen LogP contribution in [0.25, 0.3) is 5.57 Å². The zero-order valence-electron chi connectivity index (χ0n) is 28.0. The average molecular weight is 639 g/mol. The summed E-state index contributed by atoms with van der Waals surface area (Å²) in [5.74, 6) is 0.540. The molecule has 1 unspecified atom stereocenters. The van der Waals surface area contributed by atoms with Crippen molar-refractivity contribution in [2.45, 2.75) is 92.3 Å². The van der Waals surface area contributed by atoms with Crippen LogP contribution < -0.4 is 9.64 Å². The van der Waals surface area contributed by atoms with Gasteiger partial charge < -0.3 is 18.7 Å². The van der Waals surface area contributed by atoms with Crippen molar-refractivity contribution < 1.29 is 18.7 Å². The normalized spacial score (nSPS) is 15.0. The van der Waals surface area contributed by atoms with E-state index in [1.165, 1.54) is 18.2 Å². The minimum Gasteiger partial charge on any atom is -0.494 e. The number of azo groups is 1. The third-order valence-corrected chi connectivity index (χ3v) is 9.59. The standard InChI is InChI=1S/C33H47N6O5P/c1-10-16-43-45(38(23(2)3)24(4)5)44-17-12-11-15-37-31-20-32(42-9)30(19-28(31)25(6)21-33(37,7)8)36-35-29-14-13-27(39(40)41)18-26(29)22-34/h13-14,18-21,23-24H,10-12,15-17H2,1-9H3. The Morgan fingerprint density at radius 3 is 2.33 bits per heavy atom. The van der Waals surface area contributed by atoms with Crippen LogP contribution in [0.2, 0.25) is 0 Å². The highest BCUT2D eigenvalue weighted by atomic mass is 31.2. The highest BCUT2D eigenvalue weighted by Gasteiger charge is 2.32. The summed E-state index contributed by atoms with van der Waals surface area (Å²) in [5, 5.41) is 29.3. The Labute approximate surface area is 269 Å². The first kappa shape index (κ1) is 36.1. The summed E-state index contributed by atoms with van der Waals surface area (Å²) >= 11 is 0. The predicted molar refractivity (Wildman–Crippen MR) is 181 cm³/mol. The Morgan fingerprint density at radius 2 is 1.73 bits per heavy atom. The fourth-order valence-corrected chi connectivity index (χ4v) is 7.21. The maximum Gasteiger partial charge on any atom is 0.270 e. The van der Waals surface area contributed by atoms with Crippen molar-refractivity contribution in [2.24, 2.45) is 10.2 Å². The number of fused-ring (bicyclic) bond motifs is 1. The number of methoxy groups -OCH3 is 1. The number of benzene rings is 2. The van der Waals surface area contributed by atoms with Gasteiger partial charge in [-0.05, 0) is 85.4 Å². The number of hydrogen-bond donors (Lipinski definition) is 0. The Balaban J connectivity index is 1.80. The molecule has 0 radical (unpaired) electrons. The molecule has 2 aromatic carbocycles. The van der Waals surface area contributed by atoms with E-state index < -0.39 is 13.4 Å². The maximum absolute atomic E-state index is 11.1. The van der Waals surface area contributed by atoms with Crippen LogP contribution in [0.4, 0.5) is 22.7 Å². The van der Waals surface area contributed by atoms with Crippen molar-refractivity contribution in [2.75, 3.05) is 31.8 Å². The first-order valence-electron chi connectivity index (χ1n) is 15.5. The molecule has 1 aliphatic heterocycles. The number of nitriles is 1. The molecule has 1 aliphatic rings. The van der Waals surface area contributed by atoms with Gasteiger partial charge in [-0.3, -0.25) is 10.1 Å². The molecular weight excluding hydrogens is 591 g/mol. The molecule has 0 saturated carbocycles. The van der Waals surface area contributed by atoms with Crippen LogP contribution in [0.3, 0.4) is 0 Å². The first-order valence-corrected chi connectivity index (χ1v) is 16.6. The third kappa shape index (κ3) is 9.08. The zero-order valence-corrected chi connectivity index (χ0v) is 28.9. The maximum atomic E-state index is 11.1. The van der Waals surface area contributed by atoms with Gasteiger partial charge in [-0.15, -0.1) is 10.2 Å². The average Bonchev–Trinajstić information content (AvgIpc) is 2.98. The van der Waals surface area contributed by atoms with Gasteiger partial charge in [0.25, 0.3) is 14.2 Å². The quantitative estimate of drug-likeness (QED) is 0.0585. The number of unbranched alkanes of at least 4 members (excludes halogenated alkanes) is 1. The summed E-state index contributed by atoms with van der Waals surface area (Å²) in [4.78, 5) is 13.0. The van der Waals surface area contributed by atoms with E-state index in [1.54, 1.807) is 7.11 Å². The van der Waals surface area contributed by atoms with E-state index in [1.807, 2.05) is 18.2 Å². The van der Waals surface area contributed by atoms with Gasteiger partial charge in [0.05, 0.1) is 36.3 Å². The van der Waals surface area contributed by atoms with Crippen LogP contribution in [-0.2, 0) is 9.05 Å². The number of anilines is 1. The summed E-state index contributed by atoms with van der Waals surface area (Å²) < 4.78 is 20.6. The first-order chi connectivity index (χ1) is 21.3. The van der Waals surface area contributed by atoms with Gasteiger partial charge in [0.2, 0.25) is 0 Å². The number of ether oxygens (including phenoxy) is 1. The molecule has 11 nitrogen and oxygen atoms in total. The fraction of sp³-hybridized carbons (Fsp3) is 0.545. The summed E-state index contributed by atoms with van der Waals surface area (Å²) in [7, 11) is 0.466. The molecule has 0 bridgehead atoms. The van der Waals surface area contributed by atoms with Gasteiger partial charge in [-0.1, -0.05) is 13.0 Å². The summed E-state index contributed by atoms with van der Waals surface area (Å²) in [6, 6.07) is 10.5. The number of non-ortho nitro benzene ring substituents is 1. The molecule has 244 valence electrons. The van der Waals surface area contributed by atoms with Crippen LogP contribution in [0.5, 0.6) is 5.75 Å². The lowest BCUT2D eigenvalue weighted by atomic mass is 9.88. The molecule has 0 saturated heterocycles. The smallest absolute Gasteiger partial charge is 0.270 e. The predicted octanol–water partition coefficient (Wildman–Crippen LogP) is 9.46. The molecule has 3 rings (SSSR count). The van der Waals surface area contributed by atoms with E-state index in [4.69, 9.17) is 13.8 Å². The fourth-order valence-electron chi connectivity index (χ4n) is 5.49. The number of nitrogens with zero attached hydrogens (tertiary/aromatic N) is 6. The monoisotopic (exact) mass is 638 g/mol. The Kier molecular flexibility index (Phi) is 13.0. The Hall–Kier alpha value is -3.42. The molecule has 0 N–H and O–H groups in total. The van der Waals surface area contributed by atoms with E-state index in [2.05, 4.69) is 81.3 Å². The molecule has 2 aromatic rings. The SMILES string of the molecule is CCCOP(OCCCCN1c2cc(OC)c(N=Nc3ccc([N+](=O)[O-])cc3C#N)cc2C(C)=CC1(C)C)N(C(C)C)C(C)C. The van der Waals surface area contributed by atoms with Crippen LogP contribution in [0.1, 0.15) is 85.8 Å². The highest BCUT2D eigenvalue weighted by Crippen LogP contribution is 2.47.